The van der Waals surface area contributed by atoms with E-state index >= 15 is 0 Å². The second-order valence-electron chi connectivity index (χ2n) is 7.38. The van der Waals surface area contributed by atoms with Gasteiger partial charge in [0, 0.05) is 35.5 Å². The molecule has 6 heteroatoms. The third-order valence-electron chi connectivity index (χ3n) is 5.32. The molecule has 0 radical (unpaired) electrons. The lowest BCUT2D eigenvalue weighted by atomic mass is 9.99. The zero-order valence-electron chi connectivity index (χ0n) is 16.0. The number of benzene rings is 1. The molecule has 6 nitrogen and oxygen atoms in total. The summed E-state index contributed by atoms with van der Waals surface area (Å²) in [4.78, 5) is 29.7. The first-order valence-corrected chi connectivity index (χ1v) is 9.55. The molecule has 0 spiro atoms. The topological polar surface area (TPSA) is 83.7 Å². The number of hydrogen-bond donors (Lipinski definition) is 2. The molecule has 2 aromatic heterocycles. The van der Waals surface area contributed by atoms with Gasteiger partial charge in [-0.3, -0.25) is 9.59 Å². The van der Waals surface area contributed by atoms with Gasteiger partial charge in [0.15, 0.2) is 17.2 Å². The average Bonchev–Trinajstić information content (AvgIpc) is 3.46. The summed E-state index contributed by atoms with van der Waals surface area (Å²) in [6.07, 6.45) is 4.16. The fraction of sp³-hybridized carbons (Fsp3) is 0.318. The Bertz CT molecular complexity index is 1070. The van der Waals surface area contributed by atoms with Gasteiger partial charge in [-0.05, 0) is 33.1 Å². The van der Waals surface area contributed by atoms with Crippen LogP contribution in [0.1, 0.15) is 56.9 Å². The molecule has 3 aromatic rings. The molecule has 1 amide bonds. The summed E-state index contributed by atoms with van der Waals surface area (Å²) in [6.45, 7) is 3.76. The van der Waals surface area contributed by atoms with E-state index in [9.17, 15) is 14.7 Å². The fourth-order valence-electron chi connectivity index (χ4n) is 3.37. The number of hydrogen-bond acceptors (Lipinski definition) is 4. The number of pyridine rings is 1. The lowest BCUT2D eigenvalue weighted by molar-refractivity contribution is 0.0943. The van der Waals surface area contributed by atoms with E-state index in [0.717, 1.165) is 24.2 Å². The summed E-state index contributed by atoms with van der Waals surface area (Å²) in [6, 6.07) is 9.25. The second kappa shape index (κ2) is 7.11. The number of ketones is 1. The van der Waals surface area contributed by atoms with Crippen molar-refractivity contribution in [2.75, 3.05) is 0 Å². The third kappa shape index (κ3) is 3.38. The first kappa shape index (κ1) is 18.2. The molecule has 1 saturated carbocycles. The van der Waals surface area contributed by atoms with E-state index in [1.807, 2.05) is 32.0 Å². The van der Waals surface area contributed by atoms with Crippen LogP contribution in [0.5, 0.6) is 5.75 Å². The van der Waals surface area contributed by atoms with Crippen molar-refractivity contribution in [1.82, 2.24) is 14.7 Å². The van der Waals surface area contributed by atoms with E-state index in [-0.39, 0.29) is 36.3 Å². The SMILES string of the molecule is Cc1nc2c(O)c(CCC(=O)c3ccccc3)c(C(=O)NC3CC3)cn2c1C. The number of nitrogens with one attached hydrogen (secondary N) is 1. The second-order valence-corrected chi connectivity index (χ2v) is 7.38. The van der Waals surface area contributed by atoms with E-state index in [4.69, 9.17) is 0 Å². The van der Waals surface area contributed by atoms with Crippen molar-refractivity contribution in [2.24, 2.45) is 0 Å². The third-order valence-corrected chi connectivity index (χ3v) is 5.32. The van der Waals surface area contributed by atoms with Crippen molar-refractivity contribution < 1.29 is 14.7 Å². The van der Waals surface area contributed by atoms with Gasteiger partial charge in [-0.25, -0.2) is 4.98 Å². The zero-order chi connectivity index (χ0) is 19.8. The molecule has 0 bridgehead atoms. The maximum absolute atomic E-state index is 12.8. The van der Waals surface area contributed by atoms with Gasteiger partial charge in [0.1, 0.15) is 0 Å². The van der Waals surface area contributed by atoms with E-state index in [1.54, 1.807) is 22.7 Å². The Labute approximate surface area is 163 Å². The summed E-state index contributed by atoms with van der Waals surface area (Å²) in [5.74, 6) is -0.266. The summed E-state index contributed by atoms with van der Waals surface area (Å²) in [5.41, 5.74) is 3.58. The van der Waals surface area contributed by atoms with Gasteiger partial charge in [-0.1, -0.05) is 30.3 Å². The van der Waals surface area contributed by atoms with E-state index in [0.29, 0.717) is 22.3 Å². The minimum Gasteiger partial charge on any atom is -0.504 e. The summed E-state index contributed by atoms with van der Waals surface area (Å²) >= 11 is 0. The zero-order valence-corrected chi connectivity index (χ0v) is 16.0. The Kier molecular flexibility index (Phi) is 4.63. The molecule has 0 atom stereocenters. The number of aromatic nitrogens is 2. The van der Waals surface area contributed by atoms with Crippen LogP contribution >= 0.6 is 0 Å². The highest BCUT2D eigenvalue weighted by Gasteiger charge is 2.27. The number of aromatic hydroxyl groups is 1. The van der Waals surface area contributed by atoms with Gasteiger partial charge >= 0.3 is 0 Å². The van der Waals surface area contributed by atoms with Crippen molar-refractivity contribution in [3.63, 3.8) is 0 Å². The molecular formula is C22H23N3O3. The normalized spacial score (nSPS) is 13.6. The molecule has 4 rings (SSSR count). The number of amides is 1. The molecule has 2 heterocycles. The Balaban J connectivity index is 1.71. The van der Waals surface area contributed by atoms with Crippen LogP contribution < -0.4 is 5.32 Å². The maximum atomic E-state index is 12.8. The van der Waals surface area contributed by atoms with Gasteiger partial charge < -0.3 is 14.8 Å². The van der Waals surface area contributed by atoms with Crippen LogP contribution in [0.15, 0.2) is 36.5 Å². The first-order chi connectivity index (χ1) is 13.5. The summed E-state index contributed by atoms with van der Waals surface area (Å²) in [5, 5.41) is 13.9. The van der Waals surface area contributed by atoms with Crippen LogP contribution in [-0.2, 0) is 6.42 Å². The van der Waals surface area contributed by atoms with E-state index < -0.39 is 0 Å². The lowest BCUT2D eigenvalue weighted by Gasteiger charge is -2.13. The molecule has 28 heavy (non-hydrogen) atoms. The summed E-state index contributed by atoms with van der Waals surface area (Å²) < 4.78 is 1.75. The molecule has 1 fully saturated rings. The molecule has 0 unspecified atom stereocenters. The number of nitrogens with zero attached hydrogens (tertiary/aromatic N) is 2. The Morgan fingerprint density at radius 3 is 2.61 bits per heavy atom. The predicted molar refractivity (Wildman–Crippen MR) is 106 cm³/mol. The number of carbonyl (C=O) groups excluding carboxylic acids is 2. The number of aryl methyl sites for hydroxylation is 2. The van der Waals surface area contributed by atoms with Crippen molar-refractivity contribution in [2.45, 2.75) is 45.6 Å². The van der Waals surface area contributed by atoms with Crippen LogP contribution in [0.2, 0.25) is 0 Å². The number of fused-ring (bicyclic) bond motifs is 1. The van der Waals surface area contributed by atoms with Crippen LogP contribution in [0, 0.1) is 13.8 Å². The fourth-order valence-corrected chi connectivity index (χ4v) is 3.37. The smallest absolute Gasteiger partial charge is 0.253 e. The minimum absolute atomic E-state index is 0.0240. The molecular weight excluding hydrogens is 354 g/mol. The summed E-state index contributed by atoms with van der Waals surface area (Å²) in [7, 11) is 0. The van der Waals surface area contributed by atoms with Crippen LogP contribution in [0.3, 0.4) is 0 Å². The predicted octanol–water partition coefficient (Wildman–Crippen LogP) is 3.36. The van der Waals surface area contributed by atoms with Gasteiger partial charge in [0.2, 0.25) is 0 Å². The number of imidazole rings is 1. The molecule has 0 aliphatic heterocycles. The highest BCUT2D eigenvalue weighted by atomic mass is 16.3. The molecule has 1 aliphatic carbocycles. The lowest BCUT2D eigenvalue weighted by Crippen LogP contribution is -2.27. The standard InChI is InChI=1S/C22H23N3O3/c1-13-14(2)25-12-18(22(28)24-16-8-9-16)17(20(27)21(25)23-13)10-11-19(26)15-6-4-3-5-7-15/h3-7,12,16,27H,8-11H2,1-2H3,(H,24,28). The van der Waals surface area contributed by atoms with Crippen molar-refractivity contribution >= 4 is 17.3 Å². The number of carbonyl (C=O) groups is 2. The molecule has 1 aliphatic rings. The highest BCUT2D eigenvalue weighted by molar-refractivity contribution is 5.99. The maximum Gasteiger partial charge on any atom is 0.253 e. The van der Waals surface area contributed by atoms with Crippen LogP contribution in [0.4, 0.5) is 0 Å². The van der Waals surface area contributed by atoms with Crippen molar-refractivity contribution in [3.8, 4) is 5.75 Å². The van der Waals surface area contributed by atoms with Gasteiger partial charge in [-0.2, -0.15) is 0 Å². The minimum atomic E-state index is -0.215. The van der Waals surface area contributed by atoms with Crippen molar-refractivity contribution in [3.05, 3.63) is 64.6 Å². The molecule has 144 valence electrons. The largest absolute Gasteiger partial charge is 0.504 e. The first-order valence-electron chi connectivity index (χ1n) is 9.55. The van der Waals surface area contributed by atoms with Crippen LogP contribution in [-0.4, -0.2) is 32.2 Å². The van der Waals surface area contributed by atoms with Gasteiger partial charge in [-0.15, -0.1) is 0 Å². The number of Topliss-reactive ketones (excluding diaryl/α,β-unsaturated/α-hetero) is 1. The average molecular weight is 377 g/mol. The molecule has 0 saturated heterocycles. The van der Waals surface area contributed by atoms with Gasteiger partial charge in [0.05, 0.1) is 11.3 Å². The Hall–Kier alpha value is -3.15. The Morgan fingerprint density at radius 2 is 1.93 bits per heavy atom. The monoisotopic (exact) mass is 377 g/mol. The Morgan fingerprint density at radius 1 is 1.21 bits per heavy atom. The highest BCUT2D eigenvalue weighted by Crippen LogP contribution is 2.30. The van der Waals surface area contributed by atoms with E-state index in [2.05, 4.69) is 10.3 Å². The quantitative estimate of drug-likeness (QED) is 0.645. The van der Waals surface area contributed by atoms with Crippen LogP contribution in [0.25, 0.3) is 5.65 Å². The number of rotatable bonds is 6. The molecule has 2 N–H and O–H groups in total. The molecule has 1 aromatic carbocycles. The van der Waals surface area contributed by atoms with Gasteiger partial charge in [0.25, 0.3) is 5.91 Å². The van der Waals surface area contributed by atoms with E-state index in [1.165, 1.54) is 0 Å². The van der Waals surface area contributed by atoms with Crippen molar-refractivity contribution in [1.29, 1.82) is 0 Å².